The summed E-state index contributed by atoms with van der Waals surface area (Å²) in [6.45, 7) is 1.79. The van der Waals surface area contributed by atoms with Crippen LogP contribution in [0, 0.1) is 10.8 Å². The van der Waals surface area contributed by atoms with Crippen LogP contribution in [0.4, 0.5) is 13.2 Å². The maximum Gasteiger partial charge on any atom is 0.396 e. The Bertz CT molecular complexity index is 458. The molecule has 3 aliphatic rings. The van der Waals surface area contributed by atoms with Gasteiger partial charge in [-0.1, -0.05) is 0 Å². The van der Waals surface area contributed by atoms with Crippen molar-refractivity contribution in [3.05, 3.63) is 0 Å². The number of likely N-dealkylation sites (N-methyl/N-ethyl adjacent to an activating group) is 1. The van der Waals surface area contributed by atoms with E-state index in [1.54, 1.807) is 0 Å². The van der Waals surface area contributed by atoms with E-state index in [-0.39, 0.29) is 19.1 Å². The van der Waals surface area contributed by atoms with E-state index < -0.39 is 29.0 Å². The fraction of sp³-hybridized carbons (Fsp3) is 0.923. The minimum Gasteiger partial charge on any atom is -0.375 e. The van der Waals surface area contributed by atoms with E-state index in [0.717, 1.165) is 6.54 Å². The number of morpholine rings is 1. The number of halogens is 3. The summed E-state index contributed by atoms with van der Waals surface area (Å²) in [5.74, 6) is -0.848. The van der Waals surface area contributed by atoms with Crippen molar-refractivity contribution in [3.63, 3.8) is 0 Å². The van der Waals surface area contributed by atoms with E-state index in [1.807, 2.05) is 7.05 Å². The number of rotatable bonds is 3. The molecule has 2 heterocycles. The summed E-state index contributed by atoms with van der Waals surface area (Å²) in [6, 6.07) is -0.562. The van der Waals surface area contributed by atoms with Gasteiger partial charge in [0.25, 0.3) is 0 Å². The topological polar surface area (TPSA) is 67.6 Å². The standard InChI is InChI=1S/C13H20F3N3O2/c1-19-2-3-21-8(5-19)4-9-12(10(17)20)6-11(12,7-18-9)13(14,15)16/h8-9,18H,2-7H2,1H3,(H2,17,20). The average molecular weight is 307 g/mol. The second-order valence-corrected chi connectivity index (χ2v) is 6.52. The first-order valence-electron chi connectivity index (χ1n) is 7.13. The largest absolute Gasteiger partial charge is 0.396 e. The van der Waals surface area contributed by atoms with Crippen molar-refractivity contribution in [3.8, 4) is 0 Å². The number of nitrogens with two attached hydrogens (primary N) is 1. The van der Waals surface area contributed by atoms with Crippen molar-refractivity contribution in [1.82, 2.24) is 10.2 Å². The molecule has 2 aliphatic heterocycles. The second-order valence-electron chi connectivity index (χ2n) is 6.52. The smallest absolute Gasteiger partial charge is 0.375 e. The fourth-order valence-corrected chi connectivity index (χ4v) is 4.09. The lowest BCUT2D eigenvalue weighted by Gasteiger charge is -2.33. The molecule has 0 aromatic rings. The van der Waals surface area contributed by atoms with Crippen LogP contribution in [0.1, 0.15) is 12.8 Å². The van der Waals surface area contributed by atoms with Crippen molar-refractivity contribution in [2.45, 2.75) is 31.2 Å². The third-order valence-electron chi connectivity index (χ3n) is 5.38. The number of fused-ring (bicyclic) bond motifs is 1. The van der Waals surface area contributed by atoms with Crippen LogP contribution in [0.2, 0.25) is 0 Å². The predicted octanol–water partition coefficient (Wildman–Crippen LogP) is 0.103. The minimum absolute atomic E-state index is 0.165. The van der Waals surface area contributed by atoms with Crippen LogP contribution in [-0.4, -0.2) is 62.4 Å². The third kappa shape index (κ3) is 1.99. The van der Waals surface area contributed by atoms with Crippen molar-refractivity contribution >= 4 is 5.91 Å². The maximum absolute atomic E-state index is 13.3. The molecule has 1 amide bonds. The number of nitrogens with zero attached hydrogens (tertiary/aromatic N) is 1. The van der Waals surface area contributed by atoms with Crippen molar-refractivity contribution < 1.29 is 22.7 Å². The molecule has 8 heteroatoms. The number of carbonyl (C=O) groups is 1. The van der Waals surface area contributed by atoms with Gasteiger partial charge in [0.2, 0.25) is 5.91 Å². The van der Waals surface area contributed by atoms with Crippen LogP contribution < -0.4 is 11.1 Å². The lowest BCUT2D eigenvalue weighted by Crippen LogP contribution is -2.47. The Morgan fingerprint density at radius 2 is 2.24 bits per heavy atom. The first kappa shape index (κ1) is 15.1. The van der Waals surface area contributed by atoms with Crippen LogP contribution in [0.15, 0.2) is 0 Å². The van der Waals surface area contributed by atoms with Gasteiger partial charge in [0.15, 0.2) is 0 Å². The molecule has 0 bridgehead atoms. The van der Waals surface area contributed by atoms with Gasteiger partial charge in [-0.2, -0.15) is 13.2 Å². The normalized spacial score (nSPS) is 43.6. The average Bonchev–Trinajstić information content (AvgIpc) is 2.98. The number of hydrogen-bond acceptors (Lipinski definition) is 4. The number of hydrogen-bond donors (Lipinski definition) is 2. The van der Waals surface area contributed by atoms with Crippen molar-refractivity contribution in [2.24, 2.45) is 16.6 Å². The number of primary amides is 1. The molecule has 21 heavy (non-hydrogen) atoms. The fourth-order valence-electron chi connectivity index (χ4n) is 4.09. The van der Waals surface area contributed by atoms with E-state index in [2.05, 4.69) is 10.2 Å². The van der Waals surface area contributed by atoms with Gasteiger partial charge in [0, 0.05) is 25.7 Å². The Morgan fingerprint density at radius 1 is 1.52 bits per heavy atom. The van der Waals surface area contributed by atoms with Crippen molar-refractivity contribution in [2.75, 3.05) is 33.3 Å². The molecule has 4 atom stereocenters. The van der Waals surface area contributed by atoms with Crippen molar-refractivity contribution in [1.29, 1.82) is 0 Å². The minimum atomic E-state index is -4.41. The van der Waals surface area contributed by atoms with Gasteiger partial charge in [-0.05, 0) is 19.9 Å². The van der Waals surface area contributed by atoms with Gasteiger partial charge < -0.3 is 20.7 Å². The molecule has 5 nitrogen and oxygen atoms in total. The zero-order valence-electron chi connectivity index (χ0n) is 11.9. The van der Waals surface area contributed by atoms with E-state index in [9.17, 15) is 18.0 Å². The molecule has 3 N–H and O–H groups in total. The predicted molar refractivity (Wildman–Crippen MR) is 68.4 cm³/mol. The lowest BCUT2D eigenvalue weighted by molar-refractivity contribution is -0.192. The molecule has 0 radical (unpaired) electrons. The van der Waals surface area contributed by atoms with E-state index in [4.69, 9.17) is 10.5 Å². The first-order chi connectivity index (χ1) is 9.73. The van der Waals surface area contributed by atoms with Gasteiger partial charge >= 0.3 is 6.18 Å². The number of carbonyl (C=O) groups excluding carboxylic acids is 1. The highest BCUT2D eigenvalue weighted by molar-refractivity contribution is 5.87. The monoisotopic (exact) mass is 307 g/mol. The van der Waals surface area contributed by atoms with Gasteiger partial charge in [0.1, 0.15) is 0 Å². The molecule has 2 saturated heterocycles. The molecule has 0 aromatic heterocycles. The molecule has 4 unspecified atom stereocenters. The van der Waals surface area contributed by atoms with Crippen LogP contribution in [0.25, 0.3) is 0 Å². The molecule has 3 rings (SSSR count). The Balaban J connectivity index is 1.77. The zero-order valence-corrected chi connectivity index (χ0v) is 11.9. The van der Waals surface area contributed by atoms with Gasteiger partial charge in [0.05, 0.1) is 23.5 Å². The summed E-state index contributed by atoms with van der Waals surface area (Å²) in [7, 11) is 1.94. The second kappa shape index (κ2) is 4.57. The van der Waals surface area contributed by atoms with Crippen LogP contribution >= 0.6 is 0 Å². The molecule has 120 valence electrons. The maximum atomic E-state index is 13.3. The molecule has 1 saturated carbocycles. The summed E-state index contributed by atoms with van der Waals surface area (Å²) in [6.07, 6.45) is -4.39. The van der Waals surface area contributed by atoms with Gasteiger partial charge in [-0.15, -0.1) is 0 Å². The van der Waals surface area contributed by atoms with Gasteiger partial charge in [-0.3, -0.25) is 4.79 Å². The summed E-state index contributed by atoms with van der Waals surface area (Å²) in [5.41, 5.74) is 1.88. The highest BCUT2D eigenvalue weighted by Crippen LogP contribution is 2.75. The summed E-state index contributed by atoms with van der Waals surface area (Å²) < 4.78 is 45.6. The highest BCUT2D eigenvalue weighted by atomic mass is 19.4. The van der Waals surface area contributed by atoms with E-state index >= 15 is 0 Å². The number of nitrogens with one attached hydrogen (secondary N) is 1. The molecular weight excluding hydrogens is 287 g/mol. The Labute approximate surface area is 121 Å². The lowest BCUT2D eigenvalue weighted by atomic mass is 9.86. The summed E-state index contributed by atoms with van der Waals surface area (Å²) in [4.78, 5) is 13.8. The quantitative estimate of drug-likeness (QED) is 0.776. The highest BCUT2D eigenvalue weighted by Gasteiger charge is 2.87. The summed E-state index contributed by atoms with van der Waals surface area (Å²) in [5, 5.41) is 2.87. The Morgan fingerprint density at radius 3 is 2.76 bits per heavy atom. The number of piperidine rings is 1. The zero-order chi connectivity index (χ0) is 15.5. The molecule has 0 aromatic carbocycles. The SMILES string of the molecule is CN1CCOC(CC2NCC3(C(F)(F)F)CC23C(N)=O)C1. The molecule has 0 spiro atoms. The van der Waals surface area contributed by atoms with Crippen LogP contribution in [0.3, 0.4) is 0 Å². The molecule has 1 aliphatic carbocycles. The first-order valence-corrected chi connectivity index (χ1v) is 7.13. The summed E-state index contributed by atoms with van der Waals surface area (Å²) >= 11 is 0. The Kier molecular flexibility index (Phi) is 3.27. The van der Waals surface area contributed by atoms with E-state index in [1.165, 1.54) is 0 Å². The molecule has 3 fully saturated rings. The van der Waals surface area contributed by atoms with Crippen LogP contribution in [-0.2, 0) is 9.53 Å². The number of amides is 1. The van der Waals surface area contributed by atoms with E-state index in [0.29, 0.717) is 19.6 Å². The van der Waals surface area contributed by atoms with Crippen LogP contribution in [0.5, 0.6) is 0 Å². The number of ether oxygens (including phenoxy) is 1. The number of alkyl halides is 3. The van der Waals surface area contributed by atoms with Gasteiger partial charge in [-0.25, -0.2) is 0 Å². The Hall–Kier alpha value is -0.860. The molecular formula is C13H20F3N3O2. The third-order valence-corrected chi connectivity index (χ3v) is 5.38.